The Morgan fingerprint density at radius 3 is 2.62 bits per heavy atom. The molecule has 5 heteroatoms. The molecule has 3 atom stereocenters. The number of ether oxygens (including phenoxy) is 1. The second-order valence-electron chi connectivity index (χ2n) is 2.93. The van der Waals surface area contributed by atoms with E-state index in [0.29, 0.717) is 5.57 Å². The first-order valence-electron chi connectivity index (χ1n) is 4.09. The van der Waals surface area contributed by atoms with E-state index in [1.807, 2.05) is 0 Å². The van der Waals surface area contributed by atoms with Crippen LogP contribution in [-0.4, -0.2) is 58.6 Å². The molecule has 1 rings (SSSR count). The average Bonchev–Trinajstić information content (AvgIpc) is 2.28. The smallest absolute Gasteiger partial charge is 0.112 e. The third-order valence-corrected chi connectivity index (χ3v) is 2.10. The van der Waals surface area contributed by atoms with E-state index in [9.17, 15) is 10.2 Å². The van der Waals surface area contributed by atoms with Crippen molar-refractivity contribution in [2.75, 3.05) is 19.8 Å². The van der Waals surface area contributed by atoms with Gasteiger partial charge in [-0.15, -0.1) is 0 Å². The molecular weight excluding hydrogens is 176 g/mol. The van der Waals surface area contributed by atoms with Crippen molar-refractivity contribution in [3.05, 3.63) is 11.6 Å². The summed E-state index contributed by atoms with van der Waals surface area (Å²) in [5.74, 6) is 0. The van der Waals surface area contributed by atoms with Gasteiger partial charge >= 0.3 is 0 Å². The molecule has 0 bridgehead atoms. The number of aliphatic hydroxyl groups is 4. The summed E-state index contributed by atoms with van der Waals surface area (Å²) in [4.78, 5) is 0. The Morgan fingerprint density at radius 1 is 1.38 bits per heavy atom. The van der Waals surface area contributed by atoms with Crippen molar-refractivity contribution in [1.29, 1.82) is 0 Å². The highest BCUT2D eigenvalue weighted by atomic mass is 16.5. The molecule has 0 saturated carbocycles. The summed E-state index contributed by atoms with van der Waals surface area (Å²) in [5.41, 5.74) is 0.323. The number of aliphatic hydroxyl groups excluding tert-OH is 4. The lowest BCUT2D eigenvalue weighted by Gasteiger charge is -2.23. The van der Waals surface area contributed by atoms with Crippen molar-refractivity contribution < 1.29 is 25.2 Å². The first kappa shape index (κ1) is 10.6. The fraction of sp³-hybridized carbons (Fsp3) is 0.750. The summed E-state index contributed by atoms with van der Waals surface area (Å²) < 4.78 is 5.02. The van der Waals surface area contributed by atoms with Crippen LogP contribution in [0.5, 0.6) is 0 Å². The minimum atomic E-state index is -1.19. The maximum Gasteiger partial charge on any atom is 0.112 e. The maximum absolute atomic E-state index is 9.45. The van der Waals surface area contributed by atoms with Gasteiger partial charge in [0.15, 0.2) is 0 Å². The minimum Gasteiger partial charge on any atom is -0.394 e. The van der Waals surface area contributed by atoms with Crippen molar-refractivity contribution in [1.82, 2.24) is 0 Å². The van der Waals surface area contributed by atoms with Crippen LogP contribution >= 0.6 is 0 Å². The van der Waals surface area contributed by atoms with Crippen LogP contribution in [0.2, 0.25) is 0 Å². The maximum atomic E-state index is 9.45. The van der Waals surface area contributed by atoms with E-state index in [0.717, 1.165) is 0 Å². The second-order valence-corrected chi connectivity index (χ2v) is 2.93. The van der Waals surface area contributed by atoms with Gasteiger partial charge in [-0.05, 0) is 5.57 Å². The molecule has 4 N–H and O–H groups in total. The Kier molecular flexibility index (Phi) is 3.83. The van der Waals surface area contributed by atoms with Crippen molar-refractivity contribution in [2.24, 2.45) is 0 Å². The van der Waals surface area contributed by atoms with Gasteiger partial charge in [0, 0.05) is 0 Å². The molecule has 0 aliphatic carbocycles. The summed E-state index contributed by atoms with van der Waals surface area (Å²) in [6, 6.07) is 0. The van der Waals surface area contributed by atoms with E-state index in [-0.39, 0.29) is 19.8 Å². The fourth-order valence-electron chi connectivity index (χ4n) is 1.24. The highest BCUT2D eigenvalue weighted by Crippen LogP contribution is 2.15. The Hall–Kier alpha value is -0.460. The lowest BCUT2D eigenvalue weighted by atomic mass is 10.0. The van der Waals surface area contributed by atoms with E-state index in [1.54, 1.807) is 0 Å². The van der Waals surface area contributed by atoms with Gasteiger partial charge in [-0.3, -0.25) is 0 Å². The average molecular weight is 190 g/mol. The molecule has 0 aromatic heterocycles. The van der Waals surface area contributed by atoms with Gasteiger partial charge < -0.3 is 25.2 Å². The highest BCUT2D eigenvalue weighted by Gasteiger charge is 2.30. The third kappa shape index (κ3) is 2.26. The standard InChI is InChI=1S/C8H14O5/c9-3-5-1-2-13-6(4-10)8(12)7(5)11/h1,6-12H,2-4H2. The van der Waals surface area contributed by atoms with Gasteiger partial charge in [0.25, 0.3) is 0 Å². The Bertz CT molecular complexity index is 191. The van der Waals surface area contributed by atoms with E-state index in [4.69, 9.17) is 14.9 Å². The second kappa shape index (κ2) is 4.69. The molecule has 1 heterocycles. The molecule has 1 aliphatic heterocycles. The number of rotatable bonds is 2. The van der Waals surface area contributed by atoms with Crippen molar-refractivity contribution in [3.63, 3.8) is 0 Å². The van der Waals surface area contributed by atoms with Gasteiger partial charge in [-0.2, -0.15) is 0 Å². The summed E-state index contributed by atoms with van der Waals surface area (Å²) in [6.45, 7) is -0.500. The van der Waals surface area contributed by atoms with E-state index >= 15 is 0 Å². The zero-order chi connectivity index (χ0) is 9.84. The normalized spacial score (nSPS) is 35.4. The topological polar surface area (TPSA) is 90.2 Å². The Morgan fingerprint density at radius 2 is 2.08 bits per heavy atom. The molecule has 3 unspecified atom stereocenters. The quantitative estimate of drug-likeness (QED) is 0.379. The predicted octanol–water partition coefficient (Wildman–Crippen LogP) is -1.98. The van der Waals surface area contributed by atoms with Crippen LogP contribution in [0.15, 0.2) is 11.6 Å². The summed E-state index contributed by atoms with van der Waals surface area (Å²) in [6.07, 6.45) is -1.64. The number of hydrogen-bond acceptors (Lipinski definition) is 5. The largest absolute Gasteiger partial charge is 0.394 e. The van der Waals surface area contributed by atoms with E-state index in [1.165, 1.54) is 6.08 Å². The van der Waals surface area contributed by atoms with Crippen LogP contribution in [0.1, 0.15) is 0 Å². The first-order chi connectivity index (χ1) is 6.20. The van der Waals surface area contributed by atoms with Gasteiger partial charge in [0.05, 0.1) is 19.8 Å². The van der Waals surface area contributed by atoms with Crippen molar-refractivity contribution >= 4 is 0 Å². The van der Waals surface area contributed by atoms with Crippen LogP contribution in [0.25, 0.3) is 0 Å². The number of hydrogen-bond donors (Lipinski definition) is 4. The molecule has 0 aromatic carbocycles. The first-order valence-corrected chi connectivity index (χ1v) is 4.09. The molecule has 1 aliphatic rings. The molecule has 76 valence electrons. The molecule has 0 spiro atoms. The lowest BCUT2D eigenvalue weighted by molar-refractivity contribution is -0.0860. The van der Waals surface area contributed by atoms with Crippen LogP contribution in [0.4, 0.5) is 0 Å². The van der Waals surface area contributed by atoms with Crippen molar-refractivity contribution in [3.8, 4) is 0 Å². The fourth-order valence-corrected chi connectivity index (χ4v) is 1.24. The molecule has 5 nitrogen and oxygen atoms in total. The zero-order valence-electron chi connectivity index (χ0n) is 7.13. The van der Waals surface area contributed by atoms with E-state index in [2.05, 4.69) is 0 Å². The van der Waals surface area contributed by atoms with Gasteiger partial charge in [0.1, 0.15) is 18.3 Å². The molecule has 13 heavy (non-hydrogen) atoms. The molecule has 0 fully saturated rings. The van der Waals surface area contributed by atoms with Crippen molar-refractivity contribution in [2.45, 2.75) is 18.3 Å². The Labute approximate surface area is 75.9 Å². The highest BCUT2D eigenvalue weighted by molar-refractivity contribution is 5.13. The van der Waals surface area contributed by atoms with Crippen LogP contribution in [0.3, 0.4) is 0 Å². The molecule has 0 saturated heterocycles. The van der Waals surface area contributed by atoms with Gasteiger partial charge in [0.2, 0.25) is 0 Å². The van der Waals surface area contributed by atoms with Gasteiger partial charge in [-0.1, -0.05) is 6.08 Å². The Balaban J connectivity index is 2.71. The predicted molar refractivity (Wildman–Crippen MR) is 44.0 cm³/mol. The monoisotopic (exact) mass is 190 g/mol. The van der Waals surface area contributed by atoms with Crippen LogP contribution in [0, 0.1) is 0 Å². The SMILES string of the molecule is OCC1=CCOC(CO)C(O)C1O. The molecule has 0 radical (unpaired) electrons. The zero-order valence-corrected chi connectivity index (χ0v) is 7.13. The third-order valence-electron chi connectivity index (χ3n) is 2.10. The molecular formula is C8H14O5. The molecule has 0 amide bonds. The lowest BCUT2D eigenvalue weighted by Crippen LogP contribution is -2.41. The van der Waals surface area contributed by atoms with E-state index < -0.39 is 18.3 Å². The summed E-state index contributed by atoms with van der Waals surface area (Å²) >= 11 is 0. The van der Waals surface area contributed by atoms with Gasteiger partial charge in [-0.25, -0.2) is 0 Å². The van der Waals surface area contributed by atoms with Crippen LogP contribution < -0.4 is 0 Å². The summed E-state index contributed by atoms with van der Waals surface area (Å²) in [7, 11) is 0. The molecule has 0 aromatic rings. The summed E-state index contributed by atoms with van der Waals surface area (Å²) in [5, 5.41) is 36.5. The van der Waals surface area contributed by atoms with Crippen LogP contribution in [-0.2, 0) is 4.74 Å². The minimum absolute atomic E-state index is 0.176.